The van der Waals surface area contributed by atoms with E-state index in [0.717, 1.165) is 25.9 Å². The molecular weight excluding hydrogens is 306 g/mol. The Morgan fingerprint density at radius 1 is 1.26 bits per heavy atom. The zero-order chi connectivity index (χ0) is 15.9. The van der Waals surface area contributed by atoms with Crippen molar-refractivity contribution in [2.24, 2.45) is 5.92 Å². The molecule has 2 N–H and O–H groups in total. The maximum Gasteiger partial charge on any atom is 0.226 e. The number of carbonyl (C=O) groups is 1. The third kappa shape index (κ3) is 5.15. The van der Waals surface area contributed by atoms with Gasteiger partial charge in [-0.05, 0) is 43.8 Å². The van der Waals surface area contributed by atoms with Gasteiger partial charge in [-0.25, -0.2) is 4.98 Å². The maximum atomic E-state index is 12.1. The van der Waals surface area contributed by atoms with Crippen LogP contribution < -0.4 is 10.6 Å². The molecule has 0 aliphatic carbocycles. The summed E-state index contributed by atoms with van der Waals surface area (Å²) in [6, 6.07) is 10.3. The van der Waals surface area contributed by atoms with Gasteiger partial charge in [-0.1, -0.05) is 30.3 Å². The maximum absolute atomic E-state index is 12.1. The van der Waals surface area contributed by atoms with E-state index in [1.807, 2.05) is 24.4 Å². The van der Waals surface area contributed by atoms with Gasteiger partial charge in [0.15, 0.2) is 5.13 Å². The molecule has 0 spiro atoms. The van der Waals surface area contributed by atoms with Gasteiger partial charge in [0.1, 0.15) is 0 Å². The first-order valence-corrected chi connectivity index (χ1v) is 9.10. The second-order valence-electron chi connectivity index (χ2n) is 6.07. The van der Waals surface area contributed by atoms with Gasteiger partial charge >= 0.3 is 0 Å². The molecule has 5 heteroatoms. The molecule has 0 unspecified atom stereocenters. The molecule has 23 heavy (non-hydrogen) atoms. The minimum absolute atomic E-state index is 0.0872. The summed E-state index contributed by atoms with van der Waals surface area (Å²) in [7, 11) is 0. The minimum Gasteiger partial charge on any atom is -0.317 e. The summed E-state index contributed by atoms with van der Waals surface area (Å²) in [6.45, 7) is 2.17. The van der Waals surface area contributed by atoms with Crippen molar-refractivity contribution in [3.8, 4) is 0 Å². The molecule has 1 amide bonds. The van der Waals surface area contributed by atoms with Gasteiger partial charge in [-0.15, -0.1) is 11.3 Å². The van der Waals surface area contributed by atoms with E-state index < -0.39 is 0 Å². The lowest BCUT2D eigenvalue weighted by atomic mass is 9.93. The fourth-order valence-electron chi connectivity index (χ4n) is 2.93. The number of amides is 1. The molecule has 122 valence electrons. The molecule has 4 nitrogen and oxygen atoms in total. The molecule has 0 atom stereocenters. The molecule has 0 saturated carbocycles. The summed E-state index contributed by atoms with van der Waals surface area (Å²) in [4.78, 5) is 17.6. The highest BCUT2D eigenvalue weighted by atomic mass is 32.1. The van der Waals surface area contributed by atoms with Gasteiger partial charge in [0.2, 0.25) is 5.91 Å². The topological polar surface area (TPSA) is 54.0 Å². The summed E-state index contributed by atoms with van der Waals surface area (Å²) in [5.74, 6) is 0.774. The second-order valence-corrected chi connectivity index (χ2v) is 7.19. The molecule has 1 aliphatic rings. The van der Waals surface area contributed by atoms with E-state index in [9.17, 15) is 4.79 Å². The molecule has 1 aliphatic heterocycles. The van der Waals surface area contributed by atoms with Crippen molar-refractivity contribution in [2.45, 2.75) is 32.1 Å². The van der Waals surface area contributed by atoms with Crippen molar-refractivity contribution >= 4 is 22.4 Å². The van der Waals surface area contributed by atoms with E-state index in [1.165, 1.54) is 23.3 Å². The Labute approximate surface area is 141 Å². The SMILES string of the molecule is O=C(CCC1CCNCC1)Nc1ncc(Cc2ccccc2)s1. The monoisotopic (exact) mass is 329 g/mol. The molecule has 3 rings (SSSR count). The Balaban J connectivity index is 1.45. The summed E-state index contributed by atoms with van der Waals surface area (Å²) >= 11 is 1.56. The number of thiazole rings is 1. The molecule has 0 radical (unpaired) electrons. The van der Waals surface area contributed by atoms with E-state index in [2.05, 4.69) is 27.8 Å². The van der Waals surface area contributed by atoms with Crippen LogP contribution in [0.4, 0.5) is 5.13 Å². The molecule has 1 aromatic heterocycles. The molecule has 2 heterocycles. The van der Waals surface area contributed by atoms with Gasteiger partial charge < -0.3 is 10.6 Å². The fraction of sp³-hybridized carbons (Fsp3) is 0.444. The lowest BCUT2D eigenvalue weighted by molar-refractivity contribution is -0.116. The third-order valence-corrected chi connectivity index (χ3v) is 5.17. The number of anilines is 1. The van der Waals surface area contributed by atoms with Crippen molar-refractivity contribution in [3.63, 3.8) is 0 Å². The van der Waals surface area contributed by atoms with Crippen LogP contribution in [0.15, 0.2) is 36.5 Å². The highest BCUT2D eigenvalue weighted by Gasteiger charge is 2.15. The number of hydrogen-bond acceptors (Lipinski definition) is 4. The number of nitrogens with zero attached hydrogens (tertiary/aromatic N) is 1. The van der Waals surface area contributed by atoms with E-state index in [4.69, 9.17) is 0 Å². The van der Waals surface area contributed by atoms with Gasteiger partial charge in [-0.2, -0.15) is 0 Å². The Hall–Kier alpha value is -1.72. The lowest BCUT2D eigenvalue weighted by Crippen LogP contribution is -2.28. The summed E-state index contributed by atoms with van der Waals surface area (Å²) in [5, 5.41) is 7.01. The Morgan fingerprint density at radius 2 is 2.04 bits per heavy atom. The fourth-order valence-corrected chi connectivity index (χ4v) is 3.79. The van der Waals surface area contributed by atoms with Crippen LogP contribution in [0.3, 0.4) is 0 Å². The number of carbonyl (C=O) groups excluding carboxylic acids is 1. The first-order chi connectivity index (χ1) is 11.3. The number of aromatic nitrogens is 1. The number of hydrogen-bond donors (Lipinski definition) is 2. The Morgan fingerprint density at radius 3 is 2.83 bits per heavy atom. The number of benzene rings is 1. The van der Waals surface area contributed by atoms with E-state index >= 15 is 0 Å². The standard InChI is InChI=1S/C18H23N3OS/c22-17(7-6-14-8-10-19-11-9-14)21-18-20-13-16(23-18)12-15-4-2-1-3-5-15/h1-5,13-14,19H,6-12H2,(H,20,21,22). The predicted molar refractivity (Wildman–Crippen MR) is 94.8 cm³/mol. The second kappa shape index (κ2) is 8.22. The predicted octanol–water partition coefficient (Wildman–Crippen LogP) is 3.45. The van der Waals surface area contributed by atoms with E-state index in [-0.39, 0.29) is 5.91 Å². The van der Waals surface area contributed by atoms with Crippen LogP contribution in [0.2, 0.25) is 0 Å². The van der Waals surface area contributed by atoms with Crippen molar-refractivity contribution in [3.05, 3.63) is 47.0 Å². The third-order valence-electron chi connectivity index (χ3n) is 4.26. The molecule has 0 bridgehead atoms. The average Bonchev–Trinajstić information content (AvgIpc) is 3.02. The Kier molecular flexibility index (Phi) is 5.77. The zero-order valence-corrected chi connectivity index (χ0v) is 14.1. The Bertz CT molecular complexity index is 620. The largest absolute Gasteiger partial charge is 0.317 e. The number of piperidine rings is 1. The van der Waals surface area contributed by atoms with Gasteiger partial charge in [0, 0.05) is 23.9 Å². The van der Waals surface area contributed by atoms with Crippen molar-refractivity contribution in [1.82, 2.24) is 10.3 Å². The summed E-state index contributed by atoms with van der Waals surface area (Å²) in [6.07, 6.45) is 6.68. The summed E-state index contributed by atoms with van der Waals surface area (Å²) in [5.41, 5.74) is 1.26. The first-order valence-electron chi connectivity index (χ1n) is 8.29. The molecule has 1 fully saturated rings. The smallest absolute Gasteiger partial charge is 0.226 e. The van der Waals surface area contributed by atoms with Crippen molar-refractivity contribution in [1.29, 1.82) is 0 Å². The van der Waals surface area contributed by atoms with Gasteiger partial charge in [-0.3, -0.25) is 4.79 Å². The molecular formula is C18H23N3OS. The van der Waals surface area contributed by atoms with Crippen LogP contribution in [0, 0.1) is 5.92 Å². The molecule has 1 aromatic carbocycles. The van der Waals surface area contributed by atoms with Crippen LogP contribution in [-0.4, -0.2) is 24.0 Å². The minimum atomic E-state index is 0.0872. The zero-order valence-electron chi connectivity index (χ0n) is 13.3. The van der Waals surface area contributed by atoms with Crippen LogP contribution in [-0.2, 0) is 11.2 Å². The quantitative estimate of drug-likeness (QED) is 0.853. The van der Waals surface area contributed by atoms with E-state index in [1.54, 1.807) is 11.3 Å². The highest BCUT2D eigenvalue weighted by molar-refractivity contribution is 7.15. The first kappa shape index (κ1) is 16.1. The van der Waals surface area contributed by atoms with Gasteiger partial charge in [0.05, 0.1) is 0 Å². The van der Waals surface area contributed by atoms with E-state index in [0.29, 0.717) is 17.5 Å². The molecule has 1 saturated heterocycles. The number of nitrogens with one attached hydrogen (secondary N) is 2. The normalized spacial score (nSPS) is 15.5. The number of rotatable bonds is 6. The molecule has 2 aromatic rings. The van der Waals surface area contributed by atoms with Crippen LogP contribution >= 0.6 is 11.3 Å². The van der Waals surface area contributed by atoms with Crippen LogP contribution in [0.25, 0.3) is 0 Å². The lowest BCUT2D eigenvalue weighted by Gasteiger charge is -2.21. The van der Waals surface area contributed by atoms with Crippen LogP contribution in [0.1, 0.15) is 36.1 Å². The van der Waals surface area contributed by atoms with Crippen molar-refractivity contribution < 1.29 is 4.79 Å². The highest BCUT2D eigenvalue weighted by Crippen LogP contribution is 2.22. The average molecular weight is 329 g/mol. The van der Waals surface area contributed by atoms with Gasteiger partial charge in [0.25, 0.3) is 0 Å². The van der Waals surface area contributed by atoms with Crippen LogP contribution in [0.5, 0.6) is 0 Å². The summed E-state index contributed by atoms with van der Waals surface area (Å²) < 4.78 is 0. The van der Waals surface area contributed by atoms with Crippen molar-refractivity contribution in [2.75, 3.05) is 18.4 Å².